The molecule has 0 fully saturated rings. The fraction of sp³-hybridized carbons (Fsp3) is 0.632. The van der Waals surface area contributed by atoms with Crippen molar-refractivity contribution in [3.8, 4) is 0 Å². The highest BCUT2D eigenvalue weighted by Crippen LogP contribution is 2.10. The number of aryl methyl sites for hydroxylation is 1. The molecule has 0 heterocycles. The summed E-state index contributed by atoms with van der Waals surface area (Å²) in [5.74, 6) is 0.112. The minimum Gasteiger partial charge on any atom is -0.326 e. The van der Waals surface area contributed by atoms with Crippen molar-refractivity contribution >= 4 is 11.6 Å². The molecule has 2 nitrogen and oxygen atoms in total. The topological polar surface area (TPSA) is 29.1 Å². The largest absolute Gasteiger partial charge is 0.326 e. The summed E-state index contributed by atoms with van der Waals surface area (Å²) in [7, 11) is 0. The van der Waals surface area contributed by atoms with Crippen molar-refractivity contribution in [1.82, 2.24) is 0 Å². The van der Waals surface area contributed by atoms with Gasteiger partial charge in [0.1, 0.15) is 0 Å². The number of anilines is 1. The lowest BCUT2D eigenvalue weighted by Gasteiger charge is -2.05. The second kappa shape index (κ2) is 16.7. The molecule has 1 aromatic carbocycles. The smallest absolute Gasteiger partial charge is 0.224 e. The van der Waals surface area contributed by atoms with Crippen molar-refractivity contribution in [2.24, 2.45) is 0 Å². The molecular formula is C19H37NO. The van der Waals surface area contributed by atoms with E-state index in [1.165, 1.54) is 18.4 Å². The summed E-state index contributed by atoms with van der Waals surface area (Å²) in [4.78, 5) is 11.4. The SMILES string of the molecule is CC.CCCC.CCCCC(=O)Nc1ccc(CC)cc1.[HH]. The van der Waals surface area contributed by atoms with E-state index >= 15 is 0 Å². The highest BCUT2D eigenvalue weighted by molar-refractivity contribution is 5.90. The maximum absolute atomic E-state index is 11.4. The van der Waals surface area contributed by atoms with Crippen LogP contribution in [-0.2, 0) is 11.2 Å². The second-order valence-electron chi connectivity index (χ2n) is 4.70. The lowest BCUT2D eigenvalue weighted by atomic mass is 10.1. The summed E-state index contributed by atoms with van der Waals surface area (Å²) in [5, 5.41) is 2.89. The van der Waals surface area contributed by atoms with Crippen LogP contribution in [0.2, 0.25) is 0 Å². The Hall–Kier alpha value is -1.31. The summed E-state index contributed by atoms with van der Waals surface area (Å²) in [6.07, 6.45) is 6.30. The van der Waals surface area contributed by atoms with E-state index in [1.807, 2.05) is 26.0 Å². The van der Waals surface area contributed by atoms with Crippen molar-refractivity contribution in [3.05, 3.63) is 29.8 Å². The maximum atomic E-state index is 11.4. The van der Waals surface area contributed by atoms with Gasteiger partial charge in [-0.1, -0.05) is 72.9 Å². The Balaban J connectivity index is -0.000000448. The number of hydrogen-bond acceptors (Lipinski definition) is 1. The van der Waals surface area contributed by atoms with E-state index in [4.69, 9.17) is 0 Å². The molecule has 1 aromatic rings. The monoisotopic (exact) mass is 295 g/mol. The van der Waals surface area contributed by atoms with Crippen molar-refractivity contribution in [2.75, 3.05) is 5.32 Å². The number of rotatable bonds is 6. The van der Waals surface area contributed by atoms with Crippen LogP contribution in [0.15, 0.2) is 24.3 Å². The van der Waals surface area contributed by atoms with Gasteiger partial charge >= 0.3 is 0 Å². The summed E-state index contributed by atoms with van der Waals surface area (Å²) in [6.45, 7) is 12.6. The van der Waals surface area contributed by atoms with Gasteiger partial charge in [-0.2, -0.15) is 0 Å². The number of hydrogen-bond donors (Lipinski definition) is 1. The fourth-order valence-electron chi connectivity index (χ4n) is 1.38. The van der Waals surface area contributed by atoms with Crippen LogP contribution in [0.25, 0.3) is 0 Å². The summed E-state index contributed by atoms with van der Waals surface area (Å²) in [5.41, 5.74) is 2.19. The van der Waals surface area contributed by atoms with E-state index in [1.54, 1.807) is 0 Å². The van der Waals surface area contributed by atoms with Crippen LogP contribution >= 0.6 is 0 Å². The van der Waals surface area contributed by atoms with E-state index in [0.29, 0.717) is 6.42 Å². The van der Waals surface area contributed by atoms with Gasteiger partial charge in [0.15, 0.2) is 0 Å². The lowest BCUT2D eigenvalue weighted by molar-refractivity contribution is -0.116. The van der Waals surface area contributed by atoms with Gasteiger partial charge in [-0.3, -0.25) is 4.79 Å². The number of carbonyl (C=O) groups excluding carboxylic acids is 1. The molecular weight excluding hydrogens is 258 g/mol. The molecule has 0 spiro atoms. The van der Waals surface area contributed by atoms with E-state index in [0.717, 1.165) is 24.9 Å². The molecule has 1 amide bonds. The molecule has 21 heavy (non-hydrogen) atoms. The van der Waals surface area contributed by atoms with E-state index in [9.17, 15) is 4.79 Å². The Labute approximate surface area is 133 Å². The molecule has 0 aliphatic heterocycles. The van der Waals surface area contributed by atoms with Crippen LogP contribution in [0.3, 0.4) is 0 Å². The standard InChI is InChI=1S/C13H19NO.C4H10.C2H6.H2/c1-3-5-6-13(15)14-12-9-7-11(4-2)8-10-12;1-3-4-2;1-2;/h7-10H,3-6H2,1-2H3,(H,14,15);3-4H2,1-2H3;1-2H3;1H. The first-order valence-electron chi connectivity index (χ1n) is 8.56. The molecule has 0 radical (unpaired) electrons. The number of benzene rings is 1. The molecule has 0 aromatic heterocycles. The molecule has 0 saturated heterocycles. The predicted molar refractivity (Wildman–Crippen MR) is 98.0 cm³/mol. The van der Waals surface area contributed by atoms with Gasteiger partial charge in [0.05, 0.1) is 0 Å². The lowest BCUT2D eigenvalue weighted by Crippen LogP contribution is -2.10. The highest BCUT2D eigenvalue weighted by atomic mass is 16.1. The predicted octanol–water partition coefficient (Wildman–Crippen LogP) is 6.46. The van der Waals surface area contributed by atoms with Crippen LogP contribution in [0.4, 0.5) is 5.69 Å². The number of amides is 1. The van der Waals surface area contributed by atoms with Crippen molar-refractivity contribution < 1.29 is 6.22 Å². The number of carbonyl (C=O) groups is 1. The van der Waals surface area contributed by atoms with Gasteiger partial charge in [-0.25, -0.2) is 0 Å². The third-order valence-electron chi connectivity index (χ3n) is 2.90. The molecule has 0 bridgehead atoms. The second-order valence-corrected chi connectivity index (χ2v) is 4.70. The van der Waals surface area contributed by atoms with Gasteiger partial charge in [0, 0.05) is 13.5 Å². The Morgan fingerprint density at radius 2 is 1.48 bits per heavy atom. The third kappa shape index (κ3) is 13.4. The minimum absolute atomic E-state index is 0. The average molecular weight is 296 g/mol. The Bertz CT molecular complexity index is 334. The van der Waals surface area contributed by atoms with Crippen LogP contribution < -0.4 is 5.32 Å². The highest BCUT2D eigenvalue weighted by Gasteiger charge is 2.00. The Morgan fingerprint density at radius 3 is 1.86 bits per heavy atom. The maximum Gasteiger partial charge on any atom is 0.224 e. The summed E-state index contributed by atoms with van der Waals surface area (Å²) in [6, 6.07) is 8.02. The van der Waals surface area contributed by atoms with Gasteiger partial charge in [-0.15, -0.1) is 0 Å². The van der Waals surface area contributed by atoms with E-state index in [2.05, 4.69) is 45.1 Å². The van der Waals surface area contributed by atoms with E-state index in [-0.39, 0.29) is 7.33 Å². The van der Waals surface area contributed by atoms with Gasteiger partial charge in [0.25, 0.3) is 0 Å². The van der Waals surface area contributed by atoms with Gasteiger partial charge in [-0.05, 0) is 30.5 Å². The van der Waals surface area contributed by atoms with Gasteiger partial charge in [0.2, 0.25) is 5.91 Å². The van der Waals surface area contributed by atoms with Crippen LogP contribution in [0.5, 0.6) is 0 Å². The third-order valence-corrected chi connectivity index (χ3v) is 2.90. The first-order valence-corrected chi connectivity index (χ1v) is 8.56. The first kappa shape index (κ1) is 22.0. The van der Waals surface area contributed by atoms with Crippen molar-refractivity contribution in [2.45, 2.75) is 80.1 Å². The van der Waals surface area contributed by atoms with E-state index < -0.39 is 0 Å². The van der Waals surface area contributed by atoms with Gasteiger partial charge < -0.3 is 5.32 Å². The number of nitrogens with one attached hydrogen (secondary N) is 1. The fourth-order valence-corrected chi connectivity index (χ4v) is 1.38. The Kier molecular flexibility index (Phi) is 17.5. The molecule has 0 aliphatic carbocycles. The minimum atomic E-state index is 0. The quantitative estimate of drug-likeness (QED) is 0.641. The first-order chi connectivity index (χ1) is 10.2. The molecule has 0 atom stereocenters. The molecule has 0 aliphatic rings. The Morgan fingerprint density at radius 1 is 0.952 bits per heavy atom. The van der Waals surface area contributed by atoms with Crippen LogP contribution in [0.1, 0.15) is 80.6 Å². The van der Waals surface area contributed by atoms with Crippen molar-refractivity contribution in [3.63, 3.8) is 0 Å². The summed E-state index contributed by atoms with van der Waals surface area (Å²) < 4.78 is 0. The average Bonchev–Trinajstić information content (AvgIpc) is 2.55. The normalized spacial score (nSPS) is 8.86. The zero-order chi connectivity index (χ0) is 16.5. The molecule has 2 heteroatoms. The van der Waals surface area contributed by atoms with Crippen LogP contribution in [-0.4, -0.2) is 5.91 Å². The summed E-state index contributed by atoms with van der Waals surface area (Å²) >= 11 is 0. The van der Waals surface area contributed by atoms with Crippen LogP contribution in [0, 0.1) is 0 Å². The molecule has 0 unspecified atom stereocenters. The zero-order valence-electron chi connectivity index (χ0n) is 15.0. The molecule has 1 rings (SSSR count). The zero-order valence-corrected chi connectivity index (χ0v) is 15.0. The van der Waals surface area contributed by atoms with Crippen molar-refractivity contribution in [1.29, 1.82) is 0 Å². The molecule has 0 saturated carbocycles. The molecule has 124 valence electrons. The number of unbranched alkanes of at least 4 members (excludes halogenated alkanes) is 2. The molecule has 1 N–H and O–H groups in total.